The lowest BCUT2D eigenvalue weighted by Crippen LogP contribution is -2.37. The van der Waals surface area contributed by atoms with E-state index in [-0.39, 0.29) is 0 Å². The molecule has 0 saturated carbocycles. The van der Waals surface area contributed by atoms with Gasteiger partial charge in [-0.25, -0.2) is 0 Å². The molecule has 3 heteroatoms. The number of nitrogens with one attached hydrogen (secondary N) is 1. The summed E-state index contributed by atoms with van der Waals surface area (Å²) in [6.45, 7) is 3.48. The van der Waals surface area contributed by atoms with Gasteiger partial charge >= 0.3 is 0 Å². The molecule has 1 fully saturated rings. The van der Waals surface area contributed by atoms with Gasteiger partial charge < -0.3 is 10.2 Å². The number of nitrogens with zero attached hydrogens (tertiary/aromatic N) is 1. The molecule has 0 aromatic heterocycles. The third kappa shape index (κ3) is 3.14. The molecular formula is C15H23BrN2. The average Bonchev–Trinajstić information content (AvgIpc) is 2.53. The lowest BCUT2D eigenvalue weighted by atomic mass is 9.74. The van der Waals surface area contributed by atoms with E-state index in [4.69, 9.17) is 0 Å². The minimum absolute atomic E-state index is 0.295. The smallest absolute Gasteiger partial charge is 0.0178 e. The van der Waals surface area contributed by atoms with E-state index in [2.05, 4.69) is 64.5 Å². The fourth-order valence-corrected chi connectivity index (χ4v) is 3.45. The molecular weight excluding hydrogens is 288 g/mol. The van der Waals surface area contributed by atoms with Crippen LogP contribution in [0.3, 0.4) is 0 Å². The molecule has 0 bridgehead atoms. The second-order valence-electron chi connectivity index (χ2n) is 5.48. The Morgan fingerprint density at radius 2 is 2.17 bits per heavy atom. The van der Waals surface area contributed by atoms with Crippen LogP contribution in [0.2, 0.25) is 0 Å². The van der Waals surface area contributed by atoms with Gasteiger partial charge in [0.25, 0.3) is 0 Å². The van der Waals surface area contributed by atoms with E-state index in [1.165, 1.54) is 42.4 Å². The molecule has 1 saturated heterocycles. The molecule has 1 aliphatic rings. The normalized spacial score (nSPS) is 25.9. The van der Waals surface area contributed by atoms with Crippen LogP contribution >= 0.6 is 15.9 Å². The van der Waals surface area contributed by atoms with Gasteiger partial charge in [0.15, 0.2) is 0 Å². The molecule has 1 aromatic carbocycles. The minimum Gasteiger partial charge on any atom is -0.319 e. The molecule has 18 heavy (non-hydrogen) atoms. The zero-order valence-corrected chi connectivity index (χ0v) is 13.0. The number of likely N-dealkylation sites (tertiary alicyclic amines) is 1. The summed E-state index contributed by atoms with van der Waals surface area (Å²) in [5.74, 6) is 0. The number of hydrogen-bond acceptors (Lipinski definition) is 2. The van der Waals surface area contributed by atoms with Crippen molar-refractivity contribution in [3.63, 3.8) is 0 Å². The Morgan fingerprint density at radius 1 is 1.33 bits per heavy atom. The molecule has 100 valence electrons. The van der Waals surface area contributed by atoms with Gasteiger partial charge in [-0.3, -0.25) is 0 Å². The second-order valence-corrected chi connectivity index (χ2v) is 6.39. The van der Waals surface area contributed by atoms with Gasteiger partial charge in [0, 0.05) is 16.4 Å². The highest BCUT2D eigenvalue weighted by Gasteiger charge is 2.33. The first-order valence-electron chi connectivity index (χ1n) is 6.75. The Labute approximate surface area is 119 Å². The Morgan fingerprint density at radius 3 is 2.89 bits per heavy atom. The SMILES string of the molecule is CNCC1(c2cccc(Br)c2)CCCN(C)CC1. The first-order valence-corrected chi connectivity index (χ1v) is 7.55. The largest absolute Gasteiger partial charge is 0.319 e. The van der Waals surface area contributed by atoms with Crippen LogP contribution in [-0.2, 0) is 5.41 Å². The predicted molar refractivity (Wildman–Crippen MR) is 81.1 cm³/mol. The van der Waals surface area contributed by atoms with Crippen molar-refractivity contribution >= 4 is 15.9 Å². The lowest BCUT2D eigenvalue weighted by Gasteiger charge is -2.33. The molecule has 2 nitrogen and oxygen atoms in total. The van der Waals surface area contributed by atoms with Crippen LogP contribution < -0.4 is 5.32 Å². The highest BCUT2D eigenvalue weighted by molar-refractivity contribution is 9.10. The number of hydrogen-bond donors (Lipinski definition) is 1. The van der Waals surface area contributed by atoms with Crippen molar-refractivity contribution in [2.24, 2.45) is 0 Å². The third-order valence-corrected chi connectivity index (χ3v) is 4.61. The van der Waals surface area contributed by atoms with Crippen LogP contribution in [0.25, 0.3) is 0 Å². The van der Waals surface area contributed by atoms with E-state index in [0.29, 0.717) is 5.41 Å². The van der Waals surface area contributed by atoms with E-state index in [0.717, 1.165) is 6.54 Å². The monoisotopic (exact) mass is 310 g/mol. The summed E-state index contributed by atoms with van der Waals surface area (Å²) in [6.07, 6.45) is 3.79. The molecule has 0 aliphatic carbocycles. The van der Waals surface area contributed by atoms with Gasteiger partial charge in [0.2, 0.25) is 0 Å². The van der Waals surface area contributed by atoms with Crippen molar-refractivity contribution in [3.05, 3.63) is 34.3 Å². The van der Waals surface area contributed by atoms with Crippen LogP contribution in [0.5, 0.6) is 0 Å². The zero-order chi connectivity index (χ0) is 13.0. The Kier molecular flexibility index (Phi) is 4.82. The summed E-state index contributed by atoms with van der Waals surface area (Å²) in [6, 6.07) is 8.85. The van der Waals surface area contributed by atoms with E-state index in [9.17, 15) is 0 Å². The average molecular weight is 311 g/mol. The van der Waals surface area contributed by atoms with Gasteiger partial charge in [-0.2, -0.15) is 0 Å². The molecule has 2 rings (SSSR count). The first kappa shape index (κ1) is 14.0. The van der Waals surface area contributed by atoms with E-state index >= 15 is 0 Å². The summed E-state index contributed by atoms with van der Waals surface area (Å²) in [5.41, 5.74) is 1.77. The summed E-state index contributed by atoms with van der Waals surface area (Å²) in [7, 11) is 4.30. The van der Waals surface area contributed by atoms with Gasteiger partial charge in [-0.05, 0) is 64.1 Å². The van der Waals surface area contributed by atoms with Crippen LogP contribution in [0, 0.1) is 0 Å². The van der Waals surface area contributed by atoms with E-state index < -0.39 is 0 Å². The number of benzene rings is 1. The summed E-state index contributed by atoms with van der Waals surface area (Å²) >= 11 is 3.60. The molecule has 0 amide bonds. The molecule has 1 aliphatic heterocycles. The second kappa shape index (κ2) is 6.18. The van der Waals surface area contributed by atoms with Crippen molar-refractivity contribution in [2.45, 2.75) is 24.7 Å². The van der Waals surface area contributed by atoms with Crippen molar-refractivity contribution < 1.29 is 0 Å². The maximum atomic E-state index is 3.60. The van der Waals surface area contributed by atoms with Gasteiger partial charge in [-0.15, -0.1) is 0 Å². The van der Waals surface area contributed by atoms with Crippen LogP contribution in [0.1, 0.15) is 24.8 Å². The summed E-state index contributed by atoms with van der Waals surface area (Å²) in [4.78, 5) is 2.45. The van der Waals surface area contributed by atoms with Crippen molar-refractivity contribution in [2.75, 3.05) is 33.7 Å². The van der Waals surface area contributed by atoms with Gasteiger partial charge in [0.1, 0.15) is 0 Å². The maximum Gasteiger partial charge on any atom is 0.0178 e. The first-order chi connectivity index (χ1) is 8.66. The topological polar surface area (TPSA) is 15.3 Å². The quantitative estimate of drug-likeness (QED) is 0.923. The summed E-state index contributed by atoms with van der Waals surface area (Å²) in [5, 5.41) is 3.40. The Bertz CT molecular complexity index is 394. The van der Waals surface area contributed by atoms with Crippen molar-refractivity contribution in [1.82, 2.24) is 10.2 Å². The fraction of sp³-hybridized carbons (Fsp3) is 0.600. The van der Waals surface area contributed by atoms with E-state index in [1.807, 2.05) is 0 Å². The van der Waals surface area contributed by atoms with Crippen LogP contribution in [0.15, 0.2) is 28.7 Å². The van der Waals surface area contributed by atoms with Gasteiger partial charge in [0.05, 0.1) is 0 Å². The van der Waals surface area contributed by atoms with Gasteiger partial charge in [-0.1, -0.05) is 28.1 Å². The molecule has 0 spiro atoms. The predicted octanol–water partition coefficient (Wildman–Crippen LogP) is 3.02. The molecule has 1 unspecified atom stereocenters. The van der Waals surface area contributed by atoms with Crippen molar-refractivity contribution in [3.8, 4) is 0 Å². The van der Waals surface area contributed by atoms with Crippen molar-refractivity contribution in [1.29, 1.82) is 0 Å². The number of rotatable bonds is 3. The standard InChI is InChI=1S/C15H23BrN2/c1-17-12-15(7-4-9-18(2)10-8-15)13-5-3-6-14(16)11-13/h3,5-6,11,17H,4,7-10,12H2,1-2H3. The Hall–Kier alpha value is -0.380. The molecule has 1 heterocycles. The molecule has 1 N–H and O–H groups in total. The molecule has 1 aromatic rings. The molecule has 0 radical (unpaired) electrons. The fourth-order valence-electron chi connectivity index (χ4n) is 3.05. The highest BCUT2D eigenvalue weighted by atomic mass is 79.9. The van der Waals surface area contributed by atoms with E-state index in [1.54, 1.807) is 0 Å². The number of halogens is 1. The Balaban J connectivity index is 2.30. The lowest BCUT2D eigenvalue weighted by molar-refractivity contribution is 0.322. The maximum absolute atomic E-state index is 3.60. The van der Waals surface area contributed by atoms with Crippen LogP contribution in [0.4, 0.5) is 0 Å². The minimum atomic E-state index is 0.295. The zero-order valence-electron chi connectivity index (χ0n) is 11.4. The third-order valence-electron chi connectivity index (χ3n) is 4.12. The summed E-state index contributed by atoms with van der Waals surface area (Å²) < 4.78 is 1.19. The number of likely N-dealkylation sites (N-methyl/N-ethyl adjacent to an activating group) is 1. The van der Waals surface area contributed by atoms with Crippen LogP contribution in [-0.4, -0.2) is 38.6 Å². The highest BCUT2D eigenvalue weighted by Crippen LogP contribution is 2.35. The molecule has 1 atom stereocenters.